The van der Waals surface area contributed by atoms with E-state index in [2.05, 4.69) is 4.90 Å². The average molecular weight is 493 g/mol. The first kappa shape index (κ1) is 25.1. The van der Waals surface area contributed by atoms with Gasteiger partial charge in [0.1, 0.15) is 0 Å². The molecule has 0 N–H and O–H groups in total. The molecule has 1 aliphatic rings. The summed E-state index contributed by atoms with van der Waals surface area (Å²) in [5.74, 6) is -0.409. The Morgan fingerprint density at radius 2 is 1.40 bits per heavy atom. The number of nitrogens with zero attached hydrogens (tertiary/aromatic N) is 2. The molecule has 184 valence electrons. The first-order chi connectivity index (χ1) is 16.8. The molecule has 1 saturated heterocycles. The normalized spacial score (nSPS) is 17.4. The molecule has 1 aliphatic heterocycles. The van der Waals surface area contributed by atoms with E-state index in [9.17, 15) is 13.2 Å². The van der Waals surface area contributed by atoms with Gasteiger partial charge in [-0.2, -0.15) is 8.42 Å². The molecule has 35 heavy (non-hydrogen) atoms. The lowest BCUT2D eigenvalue weighted by Gasteiger charge is -2.34. The third-order valence-corrected chi connectivity index (χ3v) is 7.11. The fourth-order valence-electron chi connectivity index (χ4n) is 4.79. The maximum atomic E-state index is 14.1. The Bertz CT molecular complexity index is 1160. The van der Waals surface area contributed by atoms with Crippen molar-refractivity contribution in [3.63, 3.8) is 0 Å². The molecule has 0 bridgehead atoms. The molecule has 3 aromatic rings. The van der Waals surface area contributed by atoms with E-state index in [1.807, 2.05) is 103 Å². The van der Waals surface area contributed by atoms with Gasteiger partial charge in [0.05, 0.1) is 24.3 Å². The topological polar surface area (TPSA) is 66.9 Å². The monoisotopic (exact) mass is 492 g/mol. The number of hydrogen-bond acceptors (Lipinski definition) is 5. The fraction of sp³-hybridized carbons (Fsp3) is 0.321. The lowest BCUT2D eigenvalue weighted by Crippen LogP contribution is -2.41. The molecule has 0 aliphatic carbocycles. The van der Waals surface area contributed by atoms with Gasteiger partial charge in [0.15, 0.2) is 0 Å². The van der Waals surface area contributed by atoms with Crippen molar-refractivity contribution in [1.29, 1.82) is 0 Å². The molecular formula is C28H32N2O4S. The second-order valence-corrected chi connectivity index (χ2v) is 10.7. The van der Waals surface area contributed by atoms with Crippen molar-refractivity contribution in [1.82, 2.24) is 9.80 Å². The zero-order valence-electron chi connectivity index (χ0n) is 20.2. The van der Waals surface area contributed by atoms with Crippen molar-refractivity contribution in [2.75, 3.05) is 32.9 Å². The molecule has 1 heterocycles. The zero-order chi connectivity index (χ0) is 24.8. The van der Waals surface area contributed by atoms with Crippen molar-refractivity contribution >= 4 is 16.0 Å². The minimum atomic E-state index is -3.51. The third kappa shape index (κ3) is 6.57. The van der Waals surface area contributed by atoms with Gasteiger partial charge in [-0.1, -0.05) is 91.0 Å². The van der Waals surface area contributed by atoms with Crippen LogP contribution in [0.15, 0.2) is 91.0 Å². The molecule has 6 nitrogen and oxygen atoms in total. The summed E-state index contributed by atoms with van der Waals surface area (Å²) in [6.07, 6.45) is 1.37. The highest BCUT2D eigenvalue weighted by molar-refractivity contribution is 7.86. The number of rotatable bonds is 9. The highest BCUT2D eigenvalue weighted by Gasteiger charge is 2.33. The van der Waals surface area contributed by atoms with Crippen LogP contribution in [0.1, 0.15) is 35.1 Å². The number of carbonyl (C=O) groups is 1. The van der Waals surface area contributed by atoms with Gasteiger partial charge in [0, 0.05) is 26.7 Å². The standard InChI is InChI=1S/C28H32N2O4S/c1-29(28(31)27(23-14-8-4-9-15-23)24-16-10-5-11-17-24)26(22-12-6-3-7-13-22)21-30-19-18-25(20-30)34-35(2,32)33/h3-17,25-27H,18-21H2,1-2H3/t25-,26-/m1/s1. The van der Waals surface area contributed by atoms with Crippen molar-refractivity contribution in [3.8, 4) is 0 Å². The van der Waals surface area contributed by atoms with Crippen LogP contribution in [0.25, 0.3) is 0 Å². The van der Waals surface area contributed by atoms with E-state index in [4.69, 9.17) is 4.18 Å². The number of likely N-dealkylation sites (tertiary alicyclic amines) is 1. The maximum Gasteiger partial charge on any atom is 0.264 e. The molecule has 0 saturated carbocycles. The lowest BCUT2D eigenvalue weighted by atomic mass is 9.89. The second kappa shape index (κ2) is 11.2. The summed E-state index contributed by atoms with van der Waals surface area (Å²) in [6.45, 7) is 1.82. The zero-order valence-corrected chi connectivity index (χ0v) is 21.0. The summed E-state index contributed by atoms with van der Waals surface area (Å²) in [5, 5.41) is 0. The predicted molar refractivity (Wildman–Crippen MR) is 137 cm³/mol. The van der Waals surface area contributed by atoms with Gasteiger partial charge in [0.2, 0.25) is 5.91 Å². The lowest BCUT2D eigenvalue weighted by molar-refractivity contribution is -0.133. The van der Waals surface area contributed by atoms with E-state index >= 15 is 0 Å². The van der Waals surface area contributed by atoms with E-state index < -0.39 is 16.0 Å². The SMILES string of the molecule is CN(C(=O)C(c1ccccc1)c1ccccc1)[C@H](CN1CC[C@@H](OS(C)(=O)=O)C1)c1ccccc1. The Balaban J connectivity index is 1.61. The van der Waals surface area contributed by atoms with Gasteiger partial charge in [-0.15, -0.1) is 0 Å². The summed E-state index contributed by atoms with van der Waals surface area (Å²) < 4.78 is 28.4. The summed E-state index contributed by atoms with van der Waals surface area (Å²) in [7, 11) is -1.64. The van der Waals surface area contributed by atoms with Crippen LogP contribution in [0.5, 0.6) is 0 Å². The summed E-state index contributed by atoms with van der Waals surface area (Å²) in [5.41, 5.74) is 2.94. The van der Waals surface area contributed by atoms with Crippen LogP contribution in [0.3, 0.4) is 0 Å². The summed E-state index contributed by atoms with van der Waals surface area (Å²) in [4.78, 5) is 18.1. The molecular weight excluding hydrogens is 460 g/mol. The smallest absolute Gasteiger partial charge is 0.264 e. The molecule has 3 aromatic carbocycles. The Morgan fingerprint density at radius 3 is 1.89 bits per heavy atom. The maximum absolute atomic E-state index is 14.1. The molecule has 0 spiro atoms. The fourth-order valence-corrected chi connectivity index (χ4v) is 5.44. The minimum Gasteiger partial charge on any atom is -0.337 e. The minimum absolute atomic E-state index is 0.0133. The van der Waals surface area contributed by atoms with E-state index in [1.165, 1.54) is 0 Å². The van der Waals surface area contributed by atoms with Crippen LogP contribution < -0.4 is 0 Å². The molecule has 7 heteroatoms. The van der Waals surface area contributed by atoms with Gasteiger partial charge in [-0.05, 0) is 23.1 Å². The summed E-state index contributed by atoms with van der Waals surface area (Å²) >= 11 is 0. The van der Waals surface area contributed by atoms with Crippen LogP contribution in [0.2, 0.25) is 0 Å². The molecule has 0 aromatic heterocycles. The van der Waals surface area contributed by atoms with Gasteiger partial charge in [-0.25, -0.2) is 0 Å². The quantitative estimate of drug-likeness (QED) is 0.421. The third-order valence-electron chi connectivity index (χ3n) is 6.48. The first-order valence-electron chi connectivity index (χ1n) is 11.8. The van der Waals surface area contributed by atoms with E-state index in [0.29, 0.717) is 26.1 Å². The predicted octanol–water partition coefficient (Wildman–Crippen LogP) is 4.07. The number of likely N-dealkylation sites (N-methyl/N-ethyl adjacent to an activating group) is 1. The number of carbonyl (C=O) groups excluding carboxylic acids is 1. The van der Waals surface area contributed by atoms with Crippen LogP contribution >= 0.6 is 0 Å². The van der Waals surface area contributed by atoms with Crippen LogP contribution in [-0.4, -0.2) is 63.2 Å². The van der Waals surface area contributed by atoms with Crippen molar-refractivity contribution in [3.05, 3.63) is 108 Å². The molecule has 0 radical (unpaired) electrons. The first-order valence-corrected chi connectivity index (χ1v) is 13.7. The van der Waals surface area contributed by atoms with E-state index in [0.717, 1.165) is 22.9 Å². The second-order valence-electron chi connectivity index (χ2n) is 9.10. The molecule has 2 atom stereocenters. The Morgan fingerprint density at radius 1 is 0.914 bits per heavy atom. The van der Waals surface area contributed by atoms with E-state index in [1.54, 1.807) is 0 Å². The molecule has 4 rings (SSSR count). The average Bonchev–Trinajstić information content (AvgIpc) is 3.29. The van der Waals surface area contributed by atoms with Crippen LogP contribution in [-0.2, 0) is 19.1 Å². The van der Waals surface area contributed by atoms with Crippen molar-refractivity contribution in [2.24, 2.45) is 0 Å². The van der Waals surface area contributed by atoms with Crippen molar-refractivity contribution in [2.45, 2.75) is 24.5 Å². The van der Waals surface area contributed by atoms with Gasteiger partial charge in [0.25, 0.3) is 10.1 Å². The van der Waals surface area contributed by atoms with Crippen molar-refractivity contribution < 1.29 is 17.4 Å². The number of hydrogen-bond donors (Lipinski definition) is 0. The Hall–Kier alpha value is -3.00. The number of amides is 1. The Labute approximate surface area is 208 Å². The van der Waals surface area contributed by atoms with E-state index in [-0.39, 0.29) is 18.1 Å². The highest BCUT2D eigenvalue weighted by Crippen LogP contribution is 2.31. The van der Waals surface area contributed by atoms with Crippen LogP contribution in [0, 0.1) is 0 Å². The van der Waals surface area contributed by atoms with Crippen LogP contribution in [0.4, 0.5) is 0 Å². The number of benzene rings is 3. The highest BCUT2D eigenvalue weighted by atomic mass is 32.2. The van der Waals surface area contributed by atoms with Gasteiger partial charge < -0.3 is 4.90 Å². The molecule has 1 fully saturated rings. The van der Waals surface area contributed by atoms with Gasteiger partial charge in [-0.3, -0.25) is 13.9 Å². The summed E-state index contributed by atoms with van der Waals surface area (Å²) in [6, 6.07) is 29.5. The van der Waals surface area contributed by atoms with Gasteiger partial charge >= 0.3 is 0 Å². The largest absolute Gasteiger partial charge is 0.337 e. The molecule has 0 unspecified atom stereocenters. The Kier molecular flexibility index (Phi) is 8.00. The molecule has 1 amide bonds.